The van der Waals surface area contributed by atoms with E-state index in [1.165, 1.54) is 87.0 Å². The van der Waals surface area contributed by atoms with Gasteiger partial charge in [-0.15, -0.1) is 0 Å². The number of halogens is 2. The number of nitrogens with one attached hydrogen (secondary N) is 2. The van der Waals surface area contributed by atoms with E-state index < -0.39 is 0 Å². The lowest BCUT2D eigenvalue weighted by Crippen LogP contribution is -2.37. The molecule has 4 nitrogen and oxygen atoms in total. The van der Waals surface area contributed by atoms with Gasteiger partial charge in [-0.2, -0.15) is 0 Å². The highest BCUT2D eigenvalue weighted by Gasteiger charge is 2.21. The first kappa shape index (κ1) is 28.8. The number of unbranched alkanes of at least 4 members (excludes halogenated alkanes) is 7. The molecule has 0 saturated heterocycles. The van der Waals surface area contributed by atoms with Crippen molar-refractivity contribution in [3.05, 3.63) is 108 Å². The highest BCUT2D eigenvalue weighted by Crippen LogP contribution is 2.27. The van der Waals surface area contributed by atoms with Gasteiger partial charge in [-0.05, 0) is 24.0 Å². The molecule has 38 heavy (non-hydrogen) atoms. The Morgan fingerprint density at radius 3 is 1.29 bits per heavy atom. The number of hydrogen-bond donors (Lipinski definition) is 2. The summed E-state index contributed by atoms with van der Waals surface area (Å²) in [6.45, 7) is 1.83. The number of aromatic nitrogens is 4. The quantitative estimate of drug-likeness (QED) is 0.0659. The van der Waals surface area contributed by atoms with Crippen LogP contribution in [0.2, 0.25) is 0 Å². The molecule has 0 aliphatic carbocycles. The lowest BCUT2D eigenvalue weighted by Gasteiger charge is -2.08. The van der Waals surface area contributed by atoms with Crippen LogP contribution in [0.5, 0.6) is 0 Å². The summed E-state index contributed by atoms with van der Waals surface area (Å²) in [4.78, 5) is 7.65. The maximum absolute atomic E-state index is 3.93. The molecule has 2 N–H and O–H groups in total. The van der Waals surface area contributed by atoms with Crippen molar-refractivity contribution in [2.45, 2.75) is 87.0 Å². The second-order valence-corrected chi connectivity index (χ2v) is 12.5. The van der Waals surface area contributed by atoms with Gasteiger partial charge in [-0.3, -0.25) is 0 Å². The van der Waals surface area contributed by atoms with Gasteiger partial charge in [0.2, 0.25) is 0 Å². The monoisotopic (exact) mass is 640 g/mol. The van der Waals surface area contributed by atoms with Gasteiger partial charge >= 0.3 is 0 Å². The maximum Gasteiger partial charge on any atom is 0.268 e. The van der Waals surface area contributed by atoms with Crippen LogP contribution in [-0.2, 0) is 13.1 Å². The molecule has 6 heteroatoms. The van der Waals surface area contributed by atoms with E-state index in [4.69, 9.17) is 0 Å². The molecule has 0 spiro atoms. The molecule has 2 atom stereocenters. The lowest BCUT2D eigenvalue weighted by atomic mass is 10.0. The first-order chi connectivity index (χ1) is 18.7. The van der Waals surface area contributed by atoms with Gasteiger partial charge in [0.05, 0.1) is 0 Å². The van der Waals surface area contributed by atoms with E-state index in [1.54, 1.807) is 0 Å². The molecule has 2 aromatic carbocycles. The molecule has 4 rings (SSSR count). The molecule has 0 aliphatic rings. The Morgan fingerprint density at radius 2 is 0.895 bits per heavy atom. The normalized spacial score (nSPS) is 13.0. The fraction of sp³-hybridized carbons (Fsp3) is 0.438. The number of alkyl halides is 2. The van der Waals surface area contributed by atoms with Gasteiger partial charge in [0, 0.05) is 0 Å². The third kappa shape index (κ3) is 9.23. The molecule has 0 amide bonds. The van der Waals surface area contributed by atoms with Crippen molar-refractivity contribution in [2.24, 2.45) is 0 Å². The van der Waals surface area contributed by atoms with Crippen molar-refractivity contribution >= 4 is 31.9 Å². The van der Waals surface area contributed by atoms with E-state index in [0.29, 0.717) is 9.65 Å². The van der Waals surface area contributed by atoms with Crippen LogP contribution in [-0.4, -0.2) is 9.97 Å². The summed E-state index contributed by atoms with van der Waals surface area (Å²) in [5, 5.41) is 0. The SMILES string of the molecule is BrC(CCCCCCCCCCC(Br)c1[nH]cc[n+]1Cc1ccccc1)c1[nH]cc[n+]1Cc1ccccc1. The van der Waals surface area contributed by atoms with Crippen LogP contribution in [0.1, 0.15) is 96.6 Å². The van der Waals surface area contributed by atoms with Crippen molar-refractivity contribution in [1.82, 2.24) is 9.97 Å². The van der Waals surface area contributed by atoms with E-state index in [2.05, 4.69) is 124 Å². The lowest BCUT2D eigenvalue weighted by molar-refractivity contribution is -0.694. The van der Waals surface area contributed by atoms with Crippen LogP contribution in [0.25, 0.3) is 0 Å². The van der Waals surface area contributed by atoms with E-state index >= 15 is 0 Å². The highest BCUT2D eigenvalue weighted by molar-refractivity contribution is 9.09. The summed E-state index contributed by atoms with van der Waals surface area (Å²) in [7, 11) is 0. The maximum atomic E-state index is 3.93. The molecular formula is C32H42Br2N4+2. The largest absolute Gasteiger partial charge is 0.268 e. The molecule has 0 radical (unpaired) electrons. The minimum Gasteiger partial charge on any atom is -0.247 e. The number of hydrogen-bond acceptors (Lipinski definition) is 0. The molecule has 0 fully saturated rings. The second-order valence-electron chi connectivity index (χ2n) is 10.3. The van der Waals surface area contributed by atoms with Gasteiger partial charge in [0.15, 0.2) is 0 Å². The first-order valence-electron chi connectivity index (χ1n) is 14.2. The van der Waals surface area contributed by atoms with Gasteiger partial charge in [-0.1, -0.05) is 144 Å². The van der Waals surface area contributed by atoms with Crippen LogP contribution >= 0.6 is 31.9 Å². The van der Waals surface area contributed by atoms with Crippen LogP contribution < -0.4 is 9.13 Å². The van der Waals surface area contributed by atoms with E-state index in [1.807, 2.05) is 12.4 Å². The summed E-state index contributed by atoms with van der Waals surface area (Å²) < 4.78 is 4.65. The predicted molar refractivity (Wildman–Crippen MR) is 163 cm³/mol. The summed E-state index contributed by atoms with van der Waals surface area (Å²) in [5.41, 5.74) is 2.67. The molecular weight excluding hydrogens is 600 g/mol. The number of imidazole rings is 2. The number of nitrogens with zero attached hydrogens (tertiary/aromatic N) is 2. The predicted octanol–water partition coefficient (Wildman–Crippen LogP) is 8.49. The summed E-state index contributed by atoms with van der Waals surface area (Å²) in [6.07, 6.45) is 21.3. The molecule has 2 aromatic heterocycles. The average Bonchev–Trinajstić information content (AvgIpc) is 3.60. The number of aromatic amines is 2. The third-order valence-corrected chi connectivity index (χ3v) is 9.02. The fourth-order valence-electron chi connectivity index (χ4n) is 5.11. The molecule has 0 aliphatic heterocycles. The zero-order chi connectivity index (χ0) is 26.4. The summed E-state index contributed by atoms with van der Waals surface area (Å²) in [6, 6.07) is 21.3. The van der Waals surface area contributed by atoms with Crippen molar-refractivity contribution in [3.63, 3.8) is 0 Å². The standard InChI is InChI=1S/C32H40Br2N4/c33-29(31-35-21-23-37(31)25-27-15-9-7-10-16-27)19-13-5-3-1-2-4-6-14-20-30(34)32-36-22-24-38(32)26-28-17-11-8-12-18-28/h7-12,15-18,21-24,29-30H,1-6,13-14,19-20,25-26H2/p+2. The van der Waals surface area contributed by atoms with E-state index in [0.717, 1.165) is 13.1 Å². The van der Waals surface area contributed by atoms with Gasteiger partial charge in [-0.25, -0.2) is 19.1 Å². The first-order valence-corrected chi connectivity index (χ1v) is 16.0. The van der Waals surface area contributed by atoms with E-state index in [-0.39, 0.29) is 0 Å². The van der Waals surface area contributed by atoms with Crippen molar-refractivity contribution < 1.29 is 9.13 Å². The van der Waals surface area contributed by atoms with Crippen LogP contribution in [0.4, 0.5) is 0 Å². The Kier molecular flexibility index (Phi) is 12.2. The van der Waals surface area contributed by atoms with Crippen LogP contribution in [0.15, 0.2) is 85.5 Å². The number of benzene rings is 2. The Labute approximate surface area is 245 Å². The minimum absolute atomic E-state index is 0.379. The Hall–Kier alpha value is -2.18. The Balaban J connectivity index is 1.04. The molecule has 2 unspecified atom stereocenters. The fourth-order valence-corrected chi connectivity index (χ4v) is 6.55. The molecule has 0 saturated carbocycles. The summed E-state index contributed by atoms with van der Waals surface area (Å²) >= 11 is 7.86. The smallest absolute Gasteiger partial charge is 0.247 e. The second kappa shape index (κ2) is 16.0. The summed E-state index contributed by atoms with van der Waals surface area (Å²) in [5.74, 6) is 2.53. The Morgan fingerprint density at radius 1 is 0.526 bits per heavy atom. The van der Waals surface area contributed by atoms with Crippen molar-refractivity contribution in [3.8, 4) is 0 Å². The Bertz CT molecular complexity index is 1080. The van der Waals surface area contributed by atoms with Gasteiger partial charge < -0.3 is 0 Å². The average molecular weight is 643 g/mol. The molecule has 202 valence electrons. The van der Waals surface area contributed by atoms with Crippen molar-refractivity contribution in [1.29, 1.82) is 0 Å². The minimum atomic E-state index is 0.379. The van der Waals surface area contributed by atoms with Crippen molar-refractivity contribution in [2.75, 3.05) is 0 Å². The van der Waals surface area contributed by atoms with Crippen LogP contribution in [0, 0.1) is 0 Å². The number of H-pyrrole nitrogens is 2. The van der Waals surface area contributed by atoms with Gasteiger partial charge in [0.1, 0.15) is 47.5 Å². The number of rotatable bonds is 17. The highest BCUT2D eigenvalue weighted by atomic mass is 79.9. The zero-order valence-corrected chi connectivity index (χ0v) is 25.5. The molecule has 0 bridgehead atoms. The van der Waals surface area contributed by atoms with Crippen LogP contribution in [0.3, 0.4) is 0 Å². The third-order valence-electron chi connectivity index (χ3n) is 7.24. The molecule has 2 heterocycles. The molecule has 4 aromatic rings. The van der Waals surface area contributed by atoms with Gasteiger partial charge in [0.25, 0.3) is 11.6 Å². The van der Waals surface area contributed by atoms with E-state index in [9.17, 15) is 0 Å². The zero-order valence-electron chi connectivity index (χ0n) is 22.4. The topological polar surface area (TPSA) is 39.3 Å².